The van der Waals surface area contributed by atoms with Gasteiger partial charge in [-0.1, -0.05) is 0 Å². The topological polar surface area (TPSA) is 141 Å². The van der Waals surface area contributed by atoms with Crippen LogP contribution in [0.3, 0.4) is 0 Å². The van der Waals surface area contributed by atoms with Gasteiger partial charge in [-0.25, -0.2) is 0 Å². The number of hydrogen-bond acceptors (Lipinski definition) is 7. The molecule has 0 unspecified atom stereocenters. The second-order valence-corrected chi connectivity index (χ2v) is 6.78. The summed E-state index contributed by atoms with van der Waals surface area (Å²) < 4.78 is 39.9. The van der Waals surface area contributed by atoms with Gasteiger partial charge in [0.15, 0.2) is 0 Å². The average molecular weight is 530 g/mol. The van der Waals surface area contributed by atoms with Crippen LogP contribution in [0.25, 0.3) is 0 Å². The molecule has 10 nitrogen and oxygen atoms in total. The molecule has 0 aliphatic carbocycles. The van der Waals surface area contributed by atoms with Crippen LogP contribution in [0.1, 0.15) is 5.56 Å². The fourth-order valence-corrected chi connectivity index (χ4v) is 3.65. The van der Waals surface area contributed by atoms with E-state index in [1.807, 2.05) is 0 Å². The van der Waals surface area contributed by atoms with Gasteiger partial charge in [0.05, 0.1) is 35.3 Å². The maximum Gasteiger partial charge on any atom is 0.418 e. The van der Waals surface area contributed by atoms with Crippen molar-refractivity contribution in [1.29, 1.82) is 0 Å². The second kappa shape index (κ2) is 7.67. The normalized spacial score (nSPS) is 11.2. The molecule has 0 saturated heterocycles. The second-order valence-electron chi connectivity index (χ2n) is 5.07. The van der Waals surface area contributed by atoms with Crippen LogP contribution < -0.4 is 5.32 Å². The highest BCUT2D eigenvalue weighted by atomic mass is 79.9. The summed E-state index contributed by atoms with van der Waals surface area (Å²) in [7, 11) is 0. The molecule has 2 rings (SSSR count). The lowest BCUT2D eigenvalue weighted by Gasteiger charge is -2.15. The number of alkyl halides is 3. The molecule has 0 aliphatic heterocycles. The molecule has 0 bridgehead atoms. The molecule has 148 valence electrons. The molecule has 1 N–H and O–H groups in total. The van der Waals surface area contributed by atoms with Crippen LogP contribution in [0.4, 0.5) is 41.6 Å². The number of nitrogens with one attached hydrogen (secondary N) is 1. The van der Waals surface area contributed by atoms with E-state index in [-0.39, 0.29) is 20.7 Å². The molecule has 2 aromatic rings. The predicted octanol–water partition coefficient (Wildman–Crippen LogP) is 5.70. The monoisotopic (exact) mass is 528 g/mol. The summed E-state index contributed by atoms with van der Waals surface area (Å²) in [6, 6.07) is 2.61. The van der Waals surface area contributed by atoms with Crippen LogP contribution in [-0.2, 0) is 6.18 Å². The Morgan fingerprint density at radius 1 is 0.857 bits per heavy atom. The van der Waals surface area contributed by atoms with Crippen LogP contribution in [0.15, 0.2) is 33.2 Å². The number of nitrogens with zero attached hydrogens (tertiary/aromatic N) is 3. The molecule has 0 aliphatic rings. The van der Waals surface area contributed by atoms with E-state index in [4.69, 9.17) is 0 Å². The van der Waals surface area contributed by atoms with Crippen molar-refractivity contribution in [3.05, 3.63) is 69.1 Å². The van der Waals surface area contributed by atoms with Crippen molar-refractivity contribution in [2.45, 2.75) is 6.18 Å². The van der Waals surface area contributed by atoms with E-state index in [1.165, 1.54) is 0 Å². The zero-order chi connectivity index (χ0) is 21.4. The number of benzene rings is 2. The molecule has 0 saturated carbocycles. The van der Waals surface area contributed by atoms with E-state index in [1.54, 1.807) is 0 Å². The van der Waals surface area contributed by atoms with Gasteiger partial charge in [-0.2, -0.15) is 13.2 Å². The van der Waals surface area contributed by atoms with Gasteiger partial charge in [0, 0.05) is 11.8 Å². The van der Waals surface area contributed by atoms with Crippen molar-refractivity contribution in [2.75, 3.05) is 5.32 Å². The average Bonchev–Trinajstić information content (AvgIpc) is 2.52. The fraction of sp³-hybridized carbons (Fsp3) is 0.0769. The summed E-state index contributed by atoms with van der Waals surface area (Å²) in [6.07, 6.45) is -5.16. The molecule has 0 aromatic heterocycles. The number of rotatable bonds is 5. The molecular weight excluding hydrogens is 525 g/mol. The third kappa shape index (κ3) is 4.36. The minimum Gasteiger partial charge on any atom is -0.349 e. The Balaban J connectivity index is 2.73. The smallest absolute Gasteiger partial charge is 0.349 e. The number of hydrogen-bond donors (Lipinski definition) is 1. The Hall–Kier alpha value is -2.81. The van der Waals surface area contributed by atoms with Gasteiger partial charge in [0.25, 0.3) is 17.1 Å². The quantitative estimate of drug-likeness (QED) is 0.386. The largest absolute Gasteiger partial charge is 0.418 e. The maximum absolute atomic E-state index is 13.4. The fourth-order valence-electron chi connectivity index (χ4n) is 2.17. The van der Waals surface area contributed by atoms with Crippen molar-refractivity contribution < 1.29 is 27.9 Å². The summed E-state index contributed by atoms with van der Waals surface area (Å²) in [4.78, 5) is 29.9. The molecule has 0 fully saturated rings. The Kier molecular flexibility index (Phi) is 5.88. The van der Waals surface area contributed by atoms with Crippen LogP contribution >= 0.6 is 31.9 Å². The van der Waals surface area contributed by atoms with E-state index in [0.717, 1.165) is 12.1 Å². The summed E-state index contributed by atoms with van der Waals surface area (Å²) >= 11 is 5.78. The highest BCUT2D eigenvalue weighted by Crippen LogP contribution is 2.45. The third-order valence-electron chi connectivity index (χ3n) is 3.28. The summed E-state index contributed by atoms with van der Waals surface area (Å²) in [5.74, 6) is 0. The van der Waals surface area contributed by atoms with E-state index < -0.39 is 49.3 Å². The number of non-ortho nitro benzene ring substituents is 1. The van der Waals surface area contributed by atoms with Crippen molar-refractivity contribution in [3.8, 4) is 0 Å². The van der Waals surface area contributed by atoms with Crippen molar-refractivity contribution in [2.24, 2.45) is 0 Å². The number of nitro benzene ring substituents is 3. The van der Waals surface area contributed by atoms with Crippen LogP contribution in [0, 0.1) is 30.3 Å². The van der Waals surface area contributed by atoms with Gasteiger partial charge in [-0.3, -0.25) is 30.3 Å². The Labute approximate surface area is 169 Å². The standard InChI is InChI=1S/C13H5Br2F3N4O6/c14-8-1-5(2-9(15)12(8)22(27)28)19-11-7(13(16,17)18)3-6(20(23)24)4-10(11)21(25)26/h1-4,19H. The van der Waals surface area contributed by atoms with E-state index >= 15 is 0 Å². The Morgan fingerprint density at radius 2 is 1.39 bits per heavy atom. The maximum atomic E-state index is 13.4. The first kappa shape index (κ1) is 21.5. The summed E-state index contributed by atoms with van der Waals surface area (Å²) in [6.45, 7) is 0. The van der Waals surface area contributed by atoms with Gasteiger partial charge in [0.2, 0.25) is 0 Å². The van der Waals surface area contributed by atoms with E-state index in [9.17, 15) is 43.5 Å². The van der Waals surface area contributed by atoms with E-state index in [2.05, 4.69) is 37.2 Å². The first-order valence-corrected chi connectivity index (χ1v) is 8.36. The minimum absolute atomic E-state index is 0.118. The van der Waals surface area contributed by atoms with Gasteiger partial charge in [0.1, 0.15) is 5.69 Å². The third-order valence-corrected chi connectivity index (χ3v) is 4.49. The molecule has 0 atom stereocenters. The van der Waals surface area contributed by atoms with Crippen molar-refractivity contribution in [3.63, 3.8) is 0 Å². The van der Waals surface area contributed by atoms with Crippen molar-refractivity contribution >= 4 is 60.3 Å². The number of nitro groups is 3. The molecule has 15 heteroatoms. The molecule has 0 amide bonds. The van der Waals surface area contributed by atoms with Gasteiger partial charge < -0.3 is 5.32 Å². The molecule has 0 radical (unpaired) electrons. The van der Waals surface area contributed by atoms with Gasteiger partial charge >= 0.3 is 6.18 Å². The summed E-state index contributed by atoms with van der Waals surface area (Å²) in [5, 5.41) is 35.2. The number of anilines is 2. The molecule has 0 heterocycles. The van der Waals surface area contributed by atoms with Crippen LogP contribution in [0.2, 0.25) is 0 Å². The number of halogens is 5. The molecule has 2 aromatic carbocycles. The lowest BCUT2D eigenvalue weighted by molar-refractivity contribution is -0.394. The zero-order valence-electron chi connectivity index (χ0n) is 13.0. The molecule has 0 spiro atoms. The lowest BCUT2D eigenvalue weighted by Crippen LogP contribution is -2.12. The highest BCUT2D eigenvalue weighted by Gasteiger charge is 2.39. The van der Waals surface area contributed by atoms with Crippen molar-refractivity contribution in [1.82, 2.24) is 0 Å². The summed E-state index contributed by atoms with van der Waals surface area (Å²) in [5.41, 5.74) is -5.58. The predicted molar refractivity (Wildman–Crippen MR) is 96.5 cm³/mol. The highest BCUT2D eigenvalue weighted by molar-refractivity contribution is 9.11. The lowest BCUT2D eigenvalue weighted by atomic mass is 10.1. The minimum atomic E-state index is -5.16. The zero-order valence-corrected chi connectivity index (χ0v) is 16.2. The molecule has 28 heavy (non-hydrogen) atoms. The molecular formula is C13H5Br2F3N4O6. The first-order valence-electron chi connectivity index (χ1n) is 6.77. The van der Waals surface area contributed by atoms with Gasteiger partial charge in [-0.15, -0.1) is 0 Å². The van der Waals surface area contributed by atoms with Crippen LogP contribution in [-0.4, -0.2) is 14.8 Å². The SMILES string of the molecule is O=[N+]([O-])c1cc([N+](=O)[O-])c(Nc2cc(Br)c([N+](=O)[O-])c(Br)c2)c(C(F)(F)F)c1. The Bertz CT molecular complexity index is 991. The van der Waals surface area contributed by atoms with E-state index in [0.29, 0.717) is 6.07 Å². The first-order chi connectivity index (χ1) is 12.8. The Morgan fingerprint density at radius 3 is 1.79 bits per heavy atom. The van der Waals surface area contributed by atoms with Crippen LogP contribution in [0.5, 0.6) is 0 Å². The van der Waals surface area contributed by atoms with Gasteiger partial charge in [-0.05, 0) is 44.0 Å².